The van der Waals surface area contributed by atoms with Crippen molar-refractivity contribution in [3.05, 3.63) is 40.9 Å². The van der Waals surface area contributed by atoms with Crippen molar-refractivity contribution >= 4 is 6.09 Å². The summed E-state index contributed by atoms with van der Waals surface area (Å²) >= 11 is 0. The summed E-state index contributed by atoms with van der Waals surface area (Å²) in [6.45, 7) is 8.25. The van der Waals surface area contributed by atoms with Gasteiger partial charge in [-0.15, -0.1) is 5.10 Å². The Hall–Kier alpha value is -2.61. The fourth-order valence-corrected chi connectivity index (χ4v) is 2.68. The number of carbonyl (C=O) groups excluding carboxylic acids is 1. The maximum atomic E-state index is 12.1. The molecule has 0 unspecified atom stereocenters. The van der Waals surface area contributed by atoms with Gasteiger partial charge in [0.05, 0.1) is 0 Å². The number of hydrogen-bond donors (Lipinski definition) is 0. The number of hydrogen-bond acceptors (Lipinski definition) is 6. The summed E-state index contributed by atoms with van der Waals surface area (Å²) in [5.41, 5.74) is 0.258. The van der Waals surface area contributed by atoms with Crippen molar-refractivity contribution in [3.63, 3.8) is 0 Å². The Morgan fingerprint density at radius 2 is 1.81 bits per heavy atom. The van der Waals surface area contributed by atoms with Gasteiger partial charge in [-0.25, -0.2) is 9.59 Å². The van der Waals surface area contributed by atoms with Crippen LogP contribution < -0.4 is 5.76 Å². The van der Waals surface area contributed by atoms with E-state index in [0.29, 0.717) is 38.7 Å². The van der Waals surface area contributed by atoms with E-state index in [9.17, 15) is 9.59 Å². The first-order valence-corrected chi connectivity index (χ1v) is 8.65. The molecule has 0 atom stereocenters. The molecule has 1 fully saturated rings. The highest BCUT2D eigenvalue weighted by Crippen LogP contribution is 2.15. The molecule has 0 aliphatic carbocycles. The Morgan fingerprint density at radius 1 is 1.15 bits per heavy atom. The van der Waals surface area contributed by atoms with Crippen molar-refractivity contribution in [1.29, 1.82) is 0 Å². The van der Waals surface area contributed by atoms with Crippen molar-refractivity contribution in [1.82, 2.24) is 19.6 Å². The first kappa shape index (κ1) is 18.2. The molecule has 1 aromatic carbocycles. The van der Waals surface area contributed by atoms with Crippen LogP contribution in [0.1, 0.15) is 20.8 Å². The van der Waals surface area contributed by atoms with Crippen LogP contribution in [0.2, 0.25) is 0 Å². The van der Waals surface area contributed by atoms with Crippen molar-refractivity contribution < 1.29 is 13.9 Å². The molecule has 0 N–H and O–H groups in total. The van der Waals surface area contributed by atoms with Gasteiger partial charge in [0.2, 0.25) is 5.89 Å². The number of carbonyl (C=O) groups is 1. The first-order valence-electron chi connectivity index (χ1n) is 8.65. The minimum atomic E-state index is -0.504. The van der Waals surface area contributed by atoms with E-state index >= 15 is 0 Å². The quantitative estimate of drug-likeness (QED) is 0.833. The lowest BCUT2D eigenvalue weighted by Gasteiger charge is -2.35. The van der Waals surface area contributed by atoms with E-state index in [4.69, 9.17) is 9.15 Å². The van der Waals surface area contributed by atoms with Gasteiger partial charge in [-0.3, -0.25) is 4.90 Å². The molecule has 1 aliphatic heterocycles. The number of piperazine rings is 1. The highest BCUT2D eigenvalue weighted by atomic mass is 16.6. The molecule has 2 heterocycles. The molecule has 1 aromatic heterocycles. The molecule has 26 heavy (non-hydrogen) atoms. The molecule has 1 aliphatic rings. The van der Waals surface area contributed by atoms with E-state index in [0.717, 1.165) is 5.56 Å². The molecule has 1 saturated heterocycles. The molecule has 1 amide bonds. The minimum Gasteiger partial charge on any atom is -0.444 e. The summed E-state index contributed by atoms with van der Waals surface area (Å²) < 4.78 is 11.9. The standard InChI is InChI=1S/C18H24N4O4/c1-18(2,3)26-16(23)21-11-9-20(10-12-21)13-22-17(24)25-15(19-22)14-7-5-4-6-8-14/h4-8H,9-13H2,1-3H3. The molecule has 0 spiro atoms. The summed E-state index contributed by atoms with van der Waals surface area (Å²) in [6, 6.07) is 9.31. The lowest BCUT2D eigenvalue weighted by Crippen LogP contribution is -2.50. The Bertz CT molecular complexity index is 799. The van der Waals surface area contributed by atoms with Crippen molar-refractivity contribution in [2.45, 2.75) is 33.0 Å². The number of amides is 1. The maximum Gasteiger partial charge on any atom is 0.438 e. The largest absolute Gasteiger partial charge is 0.444 e. The molecule has 8 nitrogen and oxygen atoms in total. The lowest BCUT2D eigenvalue weighted by molar-refractivity contribution is 0.0112. The monoisotopic (exact) mass is 360 g/mol. The molecule has 8 heteroatoms. The fraction of sp³-hybridized carbons (Fsp3) is 0.500. The second kappa shape index (κ2) is 7.33. The maximum absolute atomic E-state index is 12.1. The van der Waals surface area contributed by atoms with Gasteiger partial charge < -0.3 is 14.1 Å². The lowest BCUT2D eigenvalue weighted by atomic mass is 10.2. The highest BCUT2D eigenvalue weighted by Gasteiger charge is 2.26. The third kappa shape index (κ3) is 4.51. The van der Waals surface area contributed by atoms with Gasteiger partial charge in [0.25, 0.3) is 0 Å². The van der Waals surface area contributed by atoms with Gasteiger partial charge in [-0.1, -0.05) is 18.2 Å². The van der Waals surface area contributed by atoms with Crippen LogP contribution in [-0.4, -0.2) is 57.5 Å². The zero-order valence-corrected chi connectivity index (χ0v) is 15.3. The molecule has 140 valence electrons. The van der Waals surface area contributed by atoms with Crippen LogP contribution in [0.25, 0.3) is 11.5 Å². The van der Waals surface area contributed by atoms with Crippen LogP contribution in [0.4, 0.5) is 4.79 Å². The first-order chi connectivity index (χ1) is 12.3. The summed E-state index contributed by atoms with van der Waals surface area (Å²) in [4.78, 5) is 27.9. The number of rotatable bonds is 3. The van der Waals surface area contributed by atoms with Crippen LogP contribution in [0.3, 0.4) is 0 Å². The Kier molecular flexibility index (Phi) is 5.13. The number of aromatic nitrogens is 2. The van der Waals surface area contributed by atoms with Crippen molar-refractivity contribution in [2.75, 3.05) is 26.2 Å². The summed E-state index contributed by atoms with van der Waals surface area (Å²) in [6.07, 6.45) is -0.304. The van der Waals surface area contributed by atoms with Gasteiger partial charge in [-0.05, 0) is 32.9 Å². The zero-order valence-electron chi connectivity index (χ0n) is 15.3. The van der Waals surface area contributed by atoms with Gasteiger partial charge in [0.15, 0.2) is 0 Å². The molecule has 2 aromatic rings. The summed E-state index contributed by atoms with van der Waals surface area (Å²) in [5, 5.41) is 4.27. The van der Waals surface area contributed by atoms with Crippen LogP contribution in [-0.2, 0) is 11.4 Å². The summed E-state index contributed by atoms with van der Waals surface area (Å²) in [5.74, 6) is -0.179. The Morgan fingerprint density at radius 3 is 2.42 bits per heavy atom. The topological polar surface area (TPSA) is 80.8 Å². The van der Waals surface area contributed by atoms with Gasteiger partial charge >= 0.3 is 11.8 Å². The molecular weight excluding hydrogens is 336 g/mol. The molecule has 0 bridgehead atoms. The minimum absolute atomic E-state index is 0.304. The average molecular weight is 360 g/mol. The SMILES string of the molecule is CC(C)(C)OC(=O)N1CCN(Cn2nc(-c3ccccc3)oc2=O)CC1. The Labute approximate surface area is 152 Å². The predicted octanol–water partition coefficient (Wildman–Crippen LogP) is 2.01. The van der Waals surface area contributed by atoms with Crippen LogP contribution in [0.15, 0.2) is 39.5 Å². The fourth-order valence-electron chi connectivity index (χ4n) is 2.68. The second-order valence-electron chi connectivity index (χ2n) is 7.27. The number of benzene rings is 1. The Balaban J connectivity index is 1.58. The third-order valence-electron chi connectivity index (χ3n) is 3.98. The average Bonchev–Trinajstić information content (AvgIpc) is 2.95. The van der Waals surface area contributed by atoms with E-state index < -0.39 is 11.4 Å². The number of ether oxygens (including phenoxy) is 1. The van der Waals surface area contributed by atoms with Gasteiger partial charge in [-0.2, -0.15) is 4.68 Å². The third-order valence-corrected chi connectivity index (χ3v) is 3.98. The van der Waals surface area contributed by atoms with Gasteiger partial charge in [0, 0.05) is 31.7 Å². The van der Waals surface area contributed by atoms with Gasteiger partial charge in [0.1, 0.15) is 12.3 Å². The zero-order chi connectivity index (χ0) is 18.7. The van der Waals surface area contributed by atoms with Crippen LogP contribution in [0.5, 0.6) is 0 Å². The molecule has 3 rings (SSSR count). The number of nitrogens with zero attached hydrogens (tertiary/aromatic N) is 4. The van der Waals surface area contributed by atoms with Crippen LogP contribution in [0, 0.1) is 0 Å². The molecule has 0 radical (unpaired) electrons. The van der Waals surface area contributed by atoms with Crippen molar-refractivity contribution in [2.24, 2.45) is 0 Å². The highest BCUT2D eigenvalue weighted by molar-refractivity contribution is 5.68. The second-order valence-corrected chi connectivity index (χ2v) is 7.27. The predicted molar refractivity (Wildman–Crippen MR) is 95.6 cm³/mol. The molecule has 0 saturated carbocycles. The smallest absolute Gasteiger partial charge is 0.438 e. The van der Waals surface area contributed by atoms with E-state index in [-0.39, 0.29) is 6.09 Å². The van der Waals surface area contributed by atoms with E-state index in [1.165, 1.54) is 4.68 Å². The van der Waals surface area contributed by atoms with E-state index in [1.807, 2.05) is 51.1 Å². The van der Waals surface area contributed by atoms with E-state index in [2.05, 4.69) is 10.00 Å². The van der Waals surface area contributed by atoms with Crippen molar-refractivity contribution in [3.8, 4) is 11.5 Å². The normalized spacial score (nSPS) is 15.9. The van der Waals surface area contributed by atoms with Crippen LogP contribution >= 0.6 is 0 Å². The molecular formula is C18H24N4O4. The summed E-state index contributed by atoms with van der Waals surface area (Å²) in [7, 11) is 0. The van der Waals surface area contributed by atoms with E-state index in [1.54, 1.807) is 4.90 Å².